The molecule has 4 heteroatoms. The standard InChI is InChI=1S/C10H13NO2S/c1-11(2)10(13)7-5-4-6-8(14-3)9(7)12/h4-6,12H,1-3H3. The van der Waals surface area contributed by atoms with Gasteiger partial charge in [0.25, 0.3) is 5.91 Å². The number of carbonyl (C=O) groups is 1. The summed E-state index contributed by atoms with van der Waals surface area (Å²) in [5.41, 5.74) is 0.349. The van der Waals surface area contributed by atoms with Crippen molar-refractivity contribution >= 4 is 17.7 Å². The third-order valence-electron chi connectivity index (χ3n) is 1.86. The zero-order chi connectivity index (χ0) is 10.7. The molecule has 0 radical (unpaired) electrons. The van der Waals surface area contributed by atoms with Crippen LogP contribution in [0.15, 0.2) is 23.1 Å². The first-order valence-corrected chi connectivity index (χ1v) is 5.38. The lowest BCUT2D eigenvalue weighted by Gasteiger charge is -2.12. The molecule has 1 aromatic carbocycles. The Morgan fingerprint density at radius 1 is 1.43 bits per heavy atom. The summed E-state index contributed by atoms with van der Waals surface area (Å²) in [5.74, 6) is -0.114. The molecule has 3 nitrogen and oxygen atoms in total. The monoisotopic (exact) mass is 211 g/mol. The third kappa shape index (κ3) is 2.01. The first-order valence-electron chi connectivity index (χ1n) is 4.15. The Balaban J connectivity index is 3.16. The Bertz CT molecular complexity index is 350. The highest BCUT2D eigenvalue weighted by molar-refractivity contribution is 7.98. The van der Waals surface area contributed by atoms with Crippen LogP contribution < -0.4 is 0 Å². The van der Waals surface area contributed by atoms with Crippen LogP contribution in [0.1, 0.15) is 10.4 Å². The lowest BCUT2D eigenvalue weighted by atomic mass is 10.2. The number of nitrogens with zero attached hydrogens (tertiary/aromatic N) is 1. The van der Waals surface area contributed by atoms with Crippen molar-refractivity contribution in [1.29, 1.82) is 0 Å². The largest absolute Gasteiger partial charge is 0.506 e. The van der Waals surface area contributed by atoms with Gasteiger partial charge in [-0.1, -0.05) is 6.07 Å². The fourth-order valence-corrected chi connectivity index (χ4v) is 1.62. The predicted octanol–water partition coefficient (Wildman–Crippen LogP) is 1.82. The molecule has 0 fully saturated rings. The molecule has 1 N–H and O–H groups in total. The van der Waals surface area contributed by atoms with Crippen LogP contribution in [0.25, 0.3) is 0 Å². The maximum Gasteiger partial charge on any atom is 0.257 e. The second kappa shape index (κ2) is 4.37. The summed E-state index contributed by atoms with van der Waals surface area (Å²) in [5, 5.41) is 9.74. The Morgan fingerprint density at radius 2 is 2.07 bits per heavy atom. The number of phenols is 1. The number of hydrogen-bond donors (Lipinski definition) is 1. The van der Waals surface area contributed by atoms with E-state index in [0.29, 0.717) is 5.56 Å². The van der Waals surface area contributed by atoms with Gasteiger partial charge in [-0.15, -0.1) is 11.8 Å². The van der Waals surface area contributed by atoms with Crippen molar-refractivity contribution < 1.29 is 9.90 Å². The molecular formula is C10H13NO2S. The summed E-state index contributed by atoms with van der Waals surface area (Å²) >= 11 is 1.42. The second-order valence-corrected chi connectivity index (χ2v) is 3.90. The molecule has 0 aliphatic carbocycles. The Hall–Kier alpha value is -1.16. The maximum absolute atomic E-state index is 11.6. The van der Waals surface area contributed by atoms with E-state index in [2.05, 4.69) is 0 Å². The molecular weight excluding hydrogens is 198 g/mol. The van der Waals surface area contributed by atoms with Gasteiger partial charge < -0.3 is 10.0 Å². The smallest absolute Gasteiger partial charge is 0.257 e. The van der Waals surface area contributed by atoms with E-state index in [-0.39, 0.29) is 11.7 Å². The van der Waals surface area contributed by atoms with Crippen molar-refractivity contribution in [2.24, 2.45) is 0 Å². The average Bonchev–Trinajstić information content (AvgIpc) is 2.17. The molecule has 0 saturated carbocycles. The summed E-state index contributed by atoms with van der Waals surface area (Å²) < 4.78 is 0. The number of thioether (sulfide) groups is 1. The Labute approximate surface area is 87.7 Å². The van der Waals surface area contributed by atoms with E-state index in [1.54, 1.807) is 32.3 Å². The molecule has 0 aromatic heterocycles. The number of hydrogen-bond acceptors (Lipinski definition) is 3. The summed E-state index contributed by atoms with van der Waals surface area (Å²) in [7, 11) is 3.32. The quantitative estimate of drug-likeness (QED) is 0.758. The molecule has 1 amide bonds. The minimum atomic E-state index is -0.182. The highest BCUT2D eigenvalue weighted by Gasteiger charge is 2.14. The van der Waals surface area contributed by atoms with Crippen LogP contribution in [-0.4, -0.2) is 36.3 Å². The first-order chi connectivity index (χ1) is 6.57. The van der Waals surface area contributed by atoms with Gasteiger partial charge in [0, 0.05) is 19.0 Å². The molecule has 1 rings (SSSR count). The number of benzene rings is 1. The molecule has 1 aromatic rings. The Kier molecular flexibility index (Phi) is 3.41. The molecule has 0 spiro atoms. The summed E-state index contributed by atoms with van der Waals surface area (Å²) in [6.07, 6.45) is 1.86. The number of phenolic OH excluding ortho intramolecular Hbond substituents is 1. The van der Waals surface area contributed by atoms with Crippen LogP contribution >= 0.6 is 11.8 Å². The molecule has 76 valence electrons. The van der Waals surface area contributed by atoms with Crippen LogP contribution in [0, 0.1) is 0 Å². The predicted molar refractivity (Wildman–Crippen MR) is 57.9 cm³/mol. The van der Waals surface area contributed by atoms with Gasteiger partial charge in [0.2, 0.25) is 0 Å². The normalized spacial score (nSPS) is 9.93. The molecule has 0 atom stereocenters. The number of aromatic hydroxyl groups is 1. The summed E-state index contributed by atoms with van der Waals surface area (Å²) in [6.45, 7) is 0. The van der Waals surface area contributed by atoms with Gasteiger partial charge in [0.15, 0.2) is 0 Å². The van der Waals surface area contributed by atoms with Crippen LogP contribution in [0.3, 0.4) is 0 Å². The highest BCUT2D eigenvalue weighted by Crippen LogP contribution is 2.30. The minimum Gasteiger partial charge on any atom is -0.506 e. The van der Waals surface area contributed by atoms with E-state index in [9.17, 15) is 9.90 Å². The van der Waals surface area contributed by atoms with Gasteiger partial charge in [-0.2, -0.15) is 0 Å². The molecule has 0 saturated heterocycles. The number of carbonyl (C=O) groups excluding carboxylic acids is 1. The van der Waals surface area contributed by atoms with Crippen LogP contribution in [-0.2, 0) is 0 Å². The zero-order valence-corrected chi connectivity index (χ0v) is 9.26. The van der Waals surface area contributed by atoms with Gasteiger partial charge in [-0.25, -0.2) is 0 Å². The van der Waals surface area contributed by atoms with Crippen LogP contribution in [0.5, 0.6) is 5.75 Å². The van der Waals surface area contributed by atoms with Crippen molar-refractivity contribution in [2.75, 3.05) is 20.4 Å². The molecule has 0 aliphatic heterocycles. The van der Waals surface area contributed by atoms with Gasteiger partial charge >= 0.3 is 0 Å². The van der Waals surface area contributed by atoms with E-state index in [1.165, 1.54) is 16.7 Å². The highest BCUT2D eigenvalue weighted by atomic mass is 32.2. The van der Waals surface area contributed by atoms with Crippen molar-refractivity contribution in [1.82, 2.24) is 4.90 Å². The molecule has 0 bridgehead atoms. The average molecular weight is 211 g/mol. The second-order valence-electron chi connectivity index (χ2n) is 3.06. The van der Waals surface area contributed by atoms with Crippen molar-refractivity contribution in [3.63, 3.8) is 0 Å². The topological polar surface area (TPSA) is 40.5 Å². The van der Waals surface area contributed by atoms with Crippen LogP contribution in [0.2, 0.25) is 0 Å². The SMILES string of the molecule is CSc1cccc(C(=O)N(C)C)c1O. The fraction of sp³-hybridized carbons (Fsp3) is 0.300. The van der Waals surface area contributed by atoms with E-state index in [0.717, 1.165) is 4.90 Å². The lowest BCUT2D eigenvalue weighted by molar-refractivity contribution is 0.0824. The fourth-order valence-electron chi connectivity index (χ4n) is 1.10. The zero-order valence-electron chi connectivity index (χ0n) is 8.44. The maximum atomic E-state index is 11.6. The number of amides is 1. The minimum absolute atomic E-state index is 0.0682. The van der Waals surface area contributed by atoms with Gasteiger partial charge in [-0.3, -0.25) is 4.79 Å². The van der Waals surface area contributed by atoms with E-state index >= 15 is 0 Å². The van der Waals surface area contributed by atoms with Crippen LogP contribution in [0.4, 0.5) is 0 Å². The Morgan fingerprint density at radius 3 is 2.57 bits per heavy atom. The van der Waals surface area contributed by atoms with Gasteiger partial charge in [0.1, 0.15) is 5.75 Å². The number of para-hydroxylation sites is 1. The molecule has 0 unspecified atom stereocenters. The summed E-state index contributed by atoms with van der Waals surface area (Å²) in [4.78, 5) is 13.8. The lowest BCUT2D eigenvalue weighted by Crippen LogP contribution is -2.21. The van der Waals surface area contributed by atoms with Gasteiger partial charge in [-0.05, 0) is 18.4 Å². The van der Waals surface area contributed by atoms with Crippen molar-refractivity contribution in [3.8, 4) is 5.75 Å². The molecule has 0 aliphatic rings. The van der Waals surface area contributed by atoms with E-state index in [4.69, 9.17) is 0 Å². The first kappa shape index (κ1) is 10.9. The van der Waals surface area contributed by atoms with E-state index < -0.39 is 0 Å². The summed E-state index contributed by atoms with van der Waals surface area (Å²) in [6, 6.07) is 5.17. The molecule has 14 heavy (non-hydrogen) atoms. The van der Waals surface area contributed by atoms with Crippen molar-refractivity contribution in [2.45, 2.75) is 4.90 Å². The van der Waals surface area contributed by atoms with Gasteiger partial charge in [0.05, 0.1) is 5.56 Å². The third-order valence-corrected chi connectivity index (χ3v) is 2.62. The van der Waals surface area contributed by atoms with E-state index in [1.807, 2.05) is 6.26 Å². The van der Waals surface area contributed by atoms with Crippen molar-refractivity contribution in [3.05, 3.63) is 23.8 Å². The number of rotatable bonds is 2. The molecule has 0 heterocycles.